The van der Waals surface area contributed by atoms with Crippen LogP contribution in [0.4, 0.5) is 0 Å². The molecule has 3 heteroatoms. The molecule has 0 aliphatic heterocycles. The molecule has 78 valence electrons. The van der Waals surface area contributed by atoms with E-state index in [9.17, 15) is 5.11 Å². The van der Waals surface area contributed by atoms with Crippen molar-refractivity contribution in [3.05, 3.63) is 28.8 Å². The zero-order valence-electron chi connectivity index (χ0n) is 8.67. The van der Waals surface area contributed by atoms with E-state index in [4.69, 9.17) is 16.3 Å². The second-order valence-electron chi connectivity index (χ2n) is 3.63. The highest BCUT2D eigenvalue weighted by atomic mass is 35.5. The fraction of sp³-hybridized carbons (Fsp3) is 0.455. The minimum atomic E-state index is -0.935. The smallest absolute Gasteiger partial charge is 0.125 e. The number of hydrogen-bond acceptors (Lipinski definition) is 2. The zero-order chi connectivity index (χ0) is 10.8. The molecule has 0 atom stereocenters. The summed E-state index contributed by atoms with van der Waals surface area (Å²) in [5, 5.41) is 10.5. The molecular weight excluding hydrogens is 200 g/mol. The van der Waals surface area contributed by atoms with Crippen LogP contribution in [0.15, 0.2) is 18.2 Å². The quantitative estimate of drug-likeness (QED) is 0.839. The summed E-state index contributed by atoms with van der Waals surface area (Å²) >= 11 is 5.86. The molecular formula is C11H15ClO2. The Labute approximate surface area is 89.5 Å². The van der Waals surface area contributed by atoms with E-state index in [1.54, 1.807) is 32.0 Å². The monoisotopic (exact) mass is 214 g/mol. The van der Waals surface area contributed by atoms with Crippen molar-refractivity contribution in [1.82, 2.24) is 0 Å². The second kappa shape index (κ2) is 4.20. The minimum Gasteiger partial charge on any atom is -0.493 e. The first-order valence-corrected chi connectivity index (χ1v) is 4.98. The topological polar surface area (TPSA) is 29.5 Å². The van der Waals surface area contributed by atoms with Crippen LogP contribution < -0.4 is 4.74 Å². The molecule has 0 bridgehead atoms. The van der Waals surface area contributed by atoms with Crippen LogP contribution in [0.5, 0.6) is 5.75 Å². The summed E-state index contributed by atoms with van der Waals surface area (Å²) in [6.07, 6.45) is 0. The standard InChI is InChI=1S/C11H15ClO2/c1-4-14-10-6-5-8(12)7-9(10)11(2,3)13/h5-7,13H,4H2,1-3H3. The van der Waals surface area contributed by atoms with Crippen molar-refractivity contribution in [3.63, 3.8) is 0 Å². The third kappa shape index (κ3) is 2.63. The van der Waals surface area contributed by atoms with Gasteiger partial charge in [0, 0.05) is 10.6 Å². The van der Waals surface area contributed by atoms with E-state index in [1.165, 1.54) is 0 Å². The van der Waals surface area contributed by atoms with Gasteiger partial charge in [0.15, 0.2) is 0 Å². The van der Waals surface area contributed by atoms with Crippen molar-refractivity contribution in [1.29, 1.82) is 0 Å². The van der Waals surface area contributed by atoms with E-state index >= 15 is 0 Å². The molecule has 0 radical (unpaired) electrons. The summed E-state index contributed by atoms with van der Waals surface area (Å²) in [6, 6.07) is 5.26. The van der Waals surface area contributed by atoms with E-state index in [1.807, 2.05) is 6.92 Å². The SMILES string of the molecule is CCOc1ccc(Cl)cc1C(C)(C)O. The van der Waals surface area contributed by atoms with Gasteiger partial charge in [-0.25, -0.2) is 0 Å². The fourth-order valence-electron chi connectivity index (χ4n) is 1.26. The molecule has 1 aromatic rings. The molecule has 0 spiro atoms. The Bertz CT molecular complexity index is 316. The molecule has 0 fully saturated rings. The van der Waals surface area contributed by atoms with Gasteiger partial charge in [-0.05, 0) is 39.0 Å². The highest BCUT2D eigenvalue weighted by molar-refractivity contribution is 6.30. The highest BCUT2D eigenvalue weighted by Gasteiger charge is 2.21. The number of halogens is 1. The molecule has 0 aliphatic carbocycles. The van der Waals surface area contributed by atoms with E-state index in [0.29, 0.717) is 22.9 Å². The van der Waals surface area contributed by atoms with Gasteiger partial charge in [0.25, 0.3) is 0 Å². The predicted molar refractivity (Wildman–Crippen MR) is 57.9 cm³/mol. The summed E-state index contributed by atoms with van der Waals surface area (Å²) in [5.41, 5.74) is -0.220. The summed E-state index contributed by atoms with van der Waals surface area (Å²) in [6.45, 7) is 5.90. The maximum Gasteiger partial charge on any atom is 0.125 e. The lowest BCUT2D eigenvalue weighted by atomic mass is 9.97. The van der Waals surface area contributed by atoms with Gasteiger partial charge in [-0.1, -0.05) is 11.6 Å². The van der Waals surface area contributed by atoms with Crippen molar-refractivity contribution in [3.8, 4) is 5.75 Å². The van der Waals surface area contributed by atoms with E-state index in [-0.39, 0.29) is 0 Å². The number of aliphatic hydroxyl groups is 1. The zero-order valence-corrected chi connectivity index (χ0v) is 9.43. The third-order valence-corrected chi connectivity index (χ3v) is 2.14. The van der Waals surface area contributed by atoms with Crippen molar-refractivity contribution in [2.45, 2.75) is 26.4 Å². The van der Waals surface area contributed by atoms with Crippen molar-refractivity contribution in [2.24, 2.45) is 0 Å². The number of hydrogen-bond donors (Lipinski definition) is 1. The lowest BCUT2D eigenvalue weighted by Crippen LogP contribution is -2.17. The Morgan fingerprint density at radius 3 is 2.57 bits per heavy atom. The minimum absolute atomic E-state index is 0.574. The van der Waals surface area contributed by atoms with Crippen LogP contribution >= 0.6 is 11.6 Å². The second-order valence-corrected chi connectivity index (χ2v) is 4.07. The van der Waals surface area contributed by atoms with Crippen LogP contribution in [0.1, 0.15) is 26.3 Å². The van der Waals surface area contributed by atoms with Crippen LogP contribution in [0.2, 0.25) is 5.02 Å². The fourth-order valence-corrected chi connectivity index (χ4v) is 1.43. The van der Waals surface area contributed by atoms with E-state index in [2.05, 4.69) is 0 Å². The van der Waals surface area contributed by atoms with E-state index in [0.717, 1.165) is 0 Å². The Balaban J connectivity index is 3.16. The average molecular weight is 215 g/mol. The van der Waals surface area contributed by atoms with Gasteiger partial charge < -0.3 is 9.84 Å². The van der Waals surface area contributed by atoms with Gasteiger partial charge in [-0.15, -0.1) is 0 Å². The number of rotatable bonds is 3. The van der Waals surface area contributed by atoms with Crippen LogP contribution in [0, 0.1) is 0 Å². The predicted octanol–water partition coefficient (Wildman–Crippen LogP) is 2.97. The molecule has 1 rings (SSSR count). The summed E-state index contributed by atoms with van der Waals surface area (Å²) in [7, 11) is 0. The lowest BCUT2D eigenvalue weighted by Gasteiger charge is -2.21. The summed E-state index contributed by atoms with van der Waals surface area (Å²) < 4.78 is 5.40. The van der Waals surface area contributed by atoms with Crippen LogP contribution in [0.3, 0.4) is 0 Å². The molecule has 0 aliphatic rings. The third-order valence-electron chi connectivity index (χ3n) is 1.90. The molecule has 1 aromatic carbocycles. The van der Waals surface area contributed by atoms with Gasteiger partial charge in [0.1, 0.15) is 5.75 Å². The lowest BCUT2D eigenvalue weighted by molar-refractivity contribution is 0.0749. The highest BCUT2D eigenvalue weighted by Crippen LogP contribution is 2.31. The molecule has 0 heterocycles. The number of ether oxygens (including phenoxy) is 1. The Kier molecular flexibility index (Phi) is 3.40. The van der Waals surface area contributed by atoms with Crippen molar-refractivity contribution in [2.75, 3.05) is 6.61 Å². The molecule has 0 aromatic heterocycles. The first kappa shape index (κ1) is 11.3. The van der Waals surface area contributed by atoms with E-state index < -0.39 is 5.60 Å². The Morgan fingerprint density at radius 1 is 1.43 bits per heavy atom. The first-order chi connectivity index (χ1) is 6.45. The largest absolute Gasteiger partial charge is 0.493 e. The molecule has 0 amide bonds. The van der Waals surface area contributed by atoms with Gasteiger partial charge in [0.05, 0.1) is 12.2 Å². The molecule has 0 saturated heterocycles. The van der Waals surface area contributed by atoms with Gasteiger partial charge in [0.2, 0.25) is 0 Å². The van der Waals surface area contributed by atoms with Gasteiger partial charge in [-0.2, -0.15) is 0 Å². The molecule has 0 unspecified atom stereocenters. The average Bonchev–Trinajstić information content (AvgIpc) is 2.07. The summed E-state index contributed by atoms with van der Waals surface area (Å²) in [4.78, 5) is 0. The van der Waals surface area contributed by atoms with Gasteiger partial charge in [-0.3, -0.25) is 0 Å². The van der Waals surface area contributed by atoms with Crippen LogP contribution in [0.25, 0.3) is 0 Å². The first-order valence-electron chi connectivity index (χ1n) is 4.60. The van der Waals surface area contributed by atoms with Gasteiger partial charge >= 0.3 is 0 Å². The molecule has 2 nitrogen and oxygen atoms in total. The van der Waals surface area contributed by atoms with Crippen LogP contribution in [-0.4, -0.2) is 11.7 Å². The van der Waals surface area contributed by atoms with Crippen molar-refractivity contribution >= 4 is 11.6 Å². The maximum absolute atomic E-state index is 9.88. The van der Waals surface area contributed by atoms with Crippen LogP contribution in [-0.2, 0) is 5.60 Å². The Hall–Kier alpha value is -0.730. The number of benzene rings is 1. The normalized spacial score (nSPS) is 11.5. The Morgan fingerprint density at radius 2 is 2.07 bits per heavy atom. The molecule has 1 N–H and O–H groups in total. The van der Waals surface area contributed by atoms with Crippen molar-refractivity contribution < 1.29 is 9.84 Å². The molecule has 0 saturated carbocycles. The summed E-state index contributed by atoms with van der Waals surface area (Å²) in [5.74, 6) is 0.685. The maximum atomic E-state index is 9.88. The molecule has 14 heavy (non-hydrogen) atoms.